The SMILES string of the molecule is CC(=O)OC(C)OC12CC3CC(CC(C3)C1)C2.CC(=O)OC(C)OCC12CC3CC(CC(C3)C1)C2.CC(=O)OC1CCCCO1. The van der Waals surface area contributed by atoms with E-state index in [1.54, 1.807) is 0 Å². The van der Waals surface area contributed by atoms with E-state index in [1.807, 2.05) is 13.8 Å². The molecule has 0 N–H and O–H groups in total. The van der Waals surface area contributed by atoms with Crippen molar-refractivity contribution in [2.75, 3.05) is 13.2 Å². The van der Waals surface area contributed by atoms with Crippen molar-refractivity contribution in [2.24, 2.45) is 40.9 Å². The fraction of sp³-hybridized carbons (Fsp3) is 0.917. The molecule has 45 heavy (non-hydrogen) atoms. The number of carbonyl (C=O) groups is 3. The summed E-state index contributed by atoms with van der Waals surface area (Å²) in [5, 5.41) is 0. The highest BCUT2D eigenvalue weighted by Gasteiger charge is 2.53. The van der Waals surface area contributed by atoms with E-state index in [1.165, 1.54) is 97.8 Å². The minimum Gasteiger partial charge on any atom is -0.436 e. The molecule has 256 valence electrons. The van der Waals surface area contributed by atoms with Gasteiger partial charge in [0.2, 0.25) is 12.6 Å². The maximum absolute atomic E-state index is 10.9. The molecule has 8 bridgehead atoms. The molecule has 0 radical (unpaired) electrons. The Hall–Kier alpha value is -1.71. The van der Waals surface area contributed by atoms with Crippen LogP contribution in [0.5, 0.6) is 0 Å². The Labute approximate surface area is 270 Å². The predicted octanol–water partition coefficient (Wildman–Crippen LogP) is 7.09. The Balaban J connectivity index is 0.000000139. The van der Waals surface area contributed by atoms with Crippen LogP contribution in [0.3, 0.4) is 0 Å². The van der Waals surface area contributed by atoms with Gasteiger partial charge in [-0.2, -0.15) is 0 Å². The van der Waals surface area contributed by atoms with E-state index in [4.69, 9.17) is 28.4 Å². The summed E-state index contributed by atoms with van der Waals surface area (Å²) in [7, 11) is 0. The minimum atomic E-state index is -0.393. The van der Waals surface area contributed by atoms with Gasteiger partial charge in [-0.1, -0.05) is 0 Å². The van der Waals surface area contributed by atoms with E-state index in [0.717, 1.165) is 68.0 Å². The molecule has 0 aromatic heterocycles. The summed E-state index contributed by atoms with van der Waals surface area (Å²) >= 11 is 0. The van der Waals surface area contributed by atoms with Crippen LogP contribution in [-0.4, -0.2) is 55.6 Å². The molecule has 0 aromatic rings. The molecule has 0 aromatic carbocycles. The first-order valence-corrected chi connectivity index (χ1v) is 17.8. The first-order chi connectivity index (χ1) is 21.4. The van der Waals surface area contributed by atoms with E-state index < -0.39 is 6.29 Å². The van der Waals surface area contributed by atoms with Gasteiger partial charge in [-0.3, -0.25) is 14.4 Å². The molecule has 9 rings (SSSR count). The summed E-state index contributed by atoms with van der Waals surface area (Å²) < 4.78 is 32.1. The zero-order valence-electron chi connectivity index (χ0n) is 28.4. The molecule has 0 spiro atoms. The van der Waals surface area contributed by atoms with Gasteiger partial charge in [0.15, 0.2) is 6.29 Å². The van der Waals surface area contributed by atoms with Crippen molar-refractivity contribution < 1.29 is 42.8 Å². The van der Waals surface area contributed by atoms with E-state index in [2.05, 4.69) is 0 Å². The summed E-state index contributed by atoms with van der Waals surface area (Å²) in [6.07, 6.45) is 18.1. The quantitative estimate of drug-likeness (QED) is 0.157. The number of carbonyl (C=O) groups excluding carboxylic acids is 3. The molecule has 1 aliphatic heterocycles. The largest absolute Gasteiger partial charge is 0.436 e. The van der Waals surface area contributed by atoms with Crippen LogP contribution in [0.25, 0.3) is 0 Å². The van der Waals surface area contributed by atoms with Gasteiger partial charge in [-0.05, 0) is 145 Å². The van der Waals surface area contributed by atoms with Crippen LogP contribution >= 0.6 is 0 Å². The van der Waals surface area contributed by atoms with Crippen molar-refractivity contribution in [3.63, 3.8) is 0 Å². The van der Waals surface area contributed by atoms with Crippen LogP contribution in [0.2, 0.25) is 0 Å². The number of hydrogen-bond donors (Lipinski definition) is 0. The molecule has 0 amide bonds. The van der Waals surface area contributed by atoms with Crippen molar-refractivity contribution in [2.45, 2.75) is 155 Å². The van der Waals surface area contributed by atoms with Gasteiger partial charge in [0.05, 0.1) is 18.8 Å². The summed E-state index contributed by atoms with van der Waals surface area (Å²) in [5.74, 6) is 4.68. The van der Waals surface area contributed by atoms with Crippen LogP contribution in [0.4, 0.5) is 0 Å². The van der Waals surface area contributed by atoms with Gasteiger partial charge in [-0.25, -0.2) is 0 Å². The van der Waals surface area contributed by atoms with Crippen LogP contribution in [0, 0.1) is 40.9 Å². The zero-order chi connectivity index (χ0) is 32.2. The van der Waals surface area contributed by atoms with E-state index >= 15 is 0 Å². The van der Waals surface area contributed by atoms with Gasteiger partial charge in [-0.15, -0.1) is 0 Å². The summed E-state index contributed by atoms with van der Waals surface area (Å²) in [6.45, 7) is 9.45. The number of esters is 3. The molecular formula is C36H58O9. The maximum atomic E-state index is 10.9. The molecule has 9 nitrogen and oxygen atoms in total. The Bertz CT molecular complexity index is 947. The van der Waals surface area contributed by atoms with E-state index in [0.29, 0.717) is 5.41 Å². The number of hydrogen-bond acceptors (Lipinski definition) is 9. The van der Waals surface area contributed by atoms with Crippen molar-refractivity contribution in [3.05, 3.63) is 0 Å². The predicted molar refractivity (Wildman–Crippen MR) is 166 cm³/mol. The van der Waals surface area contributed by atoms with E-state index in [9.17, 15) is 14.4 Å². The standard InChI is InChI=1S/C15H24O3.C14H22O3.C7H12O3/c1-10(16)18-11(2)17-9-15-6-12-3-13(7-15)5-14(4-12)8-15;1-9(15)16-10(2)17-14-6-11-3-12(7-14)5-13(4-11)8-14;1-6(8)10-7-4-2-3-5-9-7/h11-14H,3-9H2,1-2H3;10-13H,3-8H2,1-2H3;7H,2-5H2,1H3. The Kier molecular flexibility index (Phi) is 11.6. The molecule has 8 aliphatic carbocycles. The molecule has 8 saturated carbocycles. The fourth-order valence-electron chi connectivity index (χ4n) is 10.8. The first kappa shape index (κ1) is 34.6. The third kappa shape index (κ3) is 9.90. The molecule has 3 atom stereocenters. The first-order valence-electron chi connectivity index (χ1n) is 17.8. The second-order valence-corrected chi connectivity index (χ2v) is 15.7. The summed E-state index contributed by atoms with van der Waals surface area (Å²) in [4.78, 5) is 32.2. The fourth-order valence-corrected chi connectivity index (χ4v) is 10.8. The molecular weight excluding hydrogens is 576 g/mol. The molecule has 9 heteroatoms. The second kappa shape index (κ2) is 15.0. The third-order valence-electron chi connectivity index (χ3n) is 11.3. The number of ether oxygens (including phenoxy) is 6. The average molecular weight is 635 g/mol. The normalized spacial score (nSPS) is 39.8. The molecule has 9 aliphatic rings. The minimum absolute atomic E-state index is 0.0314. The highest BCUT2D eigenvalue weighted by atomic mass is 16.7. The lowest BCUT2D eigenvalue weighted by atomic mass is 9.50. The number of rotatable bonds is 8. The molecule has 3 unspecified atom stereocenters. The topological polar surface area (TPSA) is 107 Å². The van der Waals surface area contributed by atoms with Gasteiger partial charge in [0.1, 0.15) is 0 Å². The van der Waals surface area contributed by atoms with Gasteiger partial charge < -0.3 is 28.4 Å². The molecule has 1 saturated heterocycles. The van der Waals surface area contributed by atoms with Crippen molar-refractivity contribution >= 4 is 17.9 Å². The van der Waals surface area contributed by atoms with Crippen LogP contribution < -0.4 is 0 Å². The van der Waals surface area contributed by atoms with Gasteiger partial charge >= 0.3 is 17.9 Å². The van der Waals surface area contributed by atoms with Crippen LogP contribution in [0.1, 0.15) is 131 Å². The Morgan fingerprint density at radius 3 is 1.56 bits per heavy atom. The highest BCUT2D eigenvalue weighted by Crippen LogP contribution is 2.60. The summed E-state index contributed by atoms with van der Waals surface area (Å²) in [5.41, 5.74) is 0.437. The van der Waals surface area contributed by atoms with Crippen molar-refractivity contribution in [1.82, 2.24) is 0 Å². The Morgan fingerprint density at radius 2 is 1.13 bits per heavy atom. The average Bonchev–Trinajstić information content (AvgIpc) is 2.90. The van der Waals surface area contributed by atoms with Crippen LogP contribution in [0.15, 0.2) is 0 Å². The Morgan fingerprint density at radius 1 is 0.667 bits per heavy atom. The lowest BCUT2D eigenvalue weighted by molar-refractivity contribution is -0.244. The van der Waals surface area contributed by atoms with Gasteiger partial charge in [0.25, 0.3) is 0 Å². The summed E-state index contributed by atoms with van der Waals surface area (Å²) in [6, 6.07) is 0. The molecule has 1 heterocycles. The highest BCUT2D eigenvalue weighted by molar-refractivity contribution is 5.66. The second-order valence-electron chi connectivity index (χ2n) is 15.7. The third-order valence-corrected chi connectivity index (χ3v) is 11.3. The van der Waals surface area contributed by atoms with Crippen LogP contribution in [-0.2, 0) is 42.8 Å². The van der Waals surface area contributed by atoms with Crippen molar-refractivity contribution in [1.29, 1.82) is 0 Å². The zero-order valence-corrected chi connectivity index (χ0v) is 28.4. The lowest BCUT2D eigenvalue weighted by Gasteiger charge is -2.56. The molecule has 9 fully saturated rings. The lowest BCUT2D eigenvalue weighted by Crippen LogP contribution is -2.53. The smallest absolute Gasteiger partial charge is 0.304 e. The van der Waals surface area contributed by atoms with E-state index in [-0.39, 0.29) is 36.1 Å². The van der Waals surface area contributed by atoms with Gasteiger partial charge in [0, 0.05) is 27.2 Å². The maximum Gasteiger partial charge on any atom is 0.304 e. The monoisotopic (exact) mass is 634 g/mol. The van der Waals surface area contributed by atoms with Crippen molar-refractivity contribution in [3.8, 4) is 0 Å².